The minimum absolute atomic E-state index is 0.0675. The quantitative estimate of drug-likeness (QED) is 0.843. The molecule has 0 spiro atoms. The van der Waals surface area contributed by atoms with Gasteiger partial charge in [0.15, 0.2) is 0 Å². The Morgan fingerprint density at radius 1 is 1.50 bits per heavy atom. The summed E-state index contributed by atoms with van der Waals surface area (Å²) in [6, 6.07) is 5.39. The number of ether oxygens (including phenoxy) is 1. The lowest BCUT2D eigenvalue weighted by molar-refractivity contribution is 0.0783. The molecule has 106 valence electrons. The fourth-order valence-corrected chi connectivity index (χ4v) is 2.98. The van der Waals surface area contributed by atoms with Crippen LogP contribution in [0.2, 0.25) is 0 Å². The maximum absolute atomic E-state index is 12.5. The summed E-state index contributed by atoms with van der Waals surface area (Å²) in [6.45, 7) is 2.50. The minimum Gasteiger partial charge on any atom is -0.496 e. The number of thiazole rings is 1. The van der Waals surface area contributed by atoms with Gasteiger partial charge in [-0.1, -0.05) is 15.9 Å². The summed E-state index contributed by atoms with van der Waals surface area (Å²) in [5.41, 5.74) is 3.32. The van der Waals surface area contributed by atoms with E-state index in [1.165, 1.54) is 0 Å². The number of rotatable bonds is 4. The van der Waals surface area contributed by atoms with Crippen LogP contribution < -0.4 is 4.74 Å². The number of amides is 1. The van der Waals surface area contributed by atoms with Crippen molar-refractivity contribution in [1.29, 1.82) is 0 Å². The largest absolute Gasteiger partial charge is 0.496 e. The monoisotopic (exact) mass is 354 g/mol. The fourth-order valence-electron chi connectivity index (χ4n) is 1.81. The van der Waals surface area contributed by atoms with E-state index in [0.29, 0.717) is 17.9 Å². The summed E-state index contributed by atoms with van der Waals surface area (Å²) in [5, 5.41) is 0. The lowest BCUT2D eigenvalue weighted by Gasteiger charge is -2.18. The van der Waals surface area contributed by atoms with Crippen molar-refractivity contribution >= 4 is 33.2 Å². The van der Waals surface area contributed by atoms with Gasteiger partial charge in [0.25, 0.3) is 5.91 Å². The lowest BCUT2D eigenvalue weighted by Crippen LogP contribution is -2.26. The Morgan fingerprint density at radius 2 is 2.25 bits per heavy atom. The highest BCUT2D eigenvalue weighted by Gasteiger charge is 2.18. The Balaban J connectivity index is 2.20. The number of nitrogens with zero attached hydrogens (tertiary/aromatic N) is 2. The summed E-state index contributed by atoms with van der Waals surface area (Å²) < 4.78 is 6.15. The predicted octanol–water partition coefficient (Wildman–Crippen LogP) is 3.49. The molecule has 20 heavy (non-hydrogen) atoms. The molecule has 0 radical (unpaired) electrons. The van der Waals surface area contributed by atoms with Crippen LogP contribution in [0.5, 0.6) is 5.75 Å². The number of aromatic nitrogens is 1. The topological polar surface area (TPSA) is 42.4 Å². The van der Waals surface area contributed by atoms with Gasteiger partial charge < -0.3 is 9.64 Å². The van der Waals surface area contributed by atoms with Gasteiger partial charge in [-0.05, 0) is 25.1 Å². The average molecular weight is 355 g/mol. The number of carbonyl (C=O) groups excluding carboxylic acids is 1. The van der Waals surface area contributed by atoms with Crippen LogP contribution in [0.25, 0.3) is 0 Å². The number of hydrogen-bond donors (Lipinski definition) is 0. The molecular formula is C14H15BrN2O2S. The summed E-state index contributed by atoms with van der Waals surface area (Å²) in [4.78, 5) is 19.5. The third-order valence-corrected chi connectivity index (χ3v) is 4.38. The number of aryl methyl sites for hydroxylation is 1. The second-order valence-corrected chi connectivity index (χ2v) is 6.22. The molecule has 1 aromatic heterocycles. The van der Waals surface area contributed by atoms with Crippen LogP contribution in [-0.4, -0.2) is 29.9 Å². The van der Waals surface area contributed by atoms with E-state index in [9.17, 15) is 4.79 Å². The smallest absolute Gasteiger partial charge is 0.257 e. The molecule has 1 aromatic carbocycles. The molecule has 1 amide bonds. The van der Waals surface area contributed by atoms with Crippen molar-refractivity contribution in [2.24, 2.45) is 0 Å². The number of hydrogen-bond acceptors (Lipinski definition) is 4. The zero-order valence-corrected chi connectivity index (χ0v) is 13.9. The molecule has 0 bridgehead atoms. The third-order valence-electron chi connectivity index (χ3n) is 2.97. The molecule has 0 atom stereocenters. The minimum atomic E-state index is -0.0675. The van der Waals surface area contributed by atoms with Gasteiger partial charge >= 0.3 is 0 Å². The summed E-state index contributed by atoms with van der Waals surface area (Å²) in [7, 11) is 3.34. The zero-order chi connectivity index (χ0) is 14.7. The first-order valence-corrected chi connectivity index (χ1v) is 7.68. The average Bonchev–Trinajstić information content (AvgIpc) is 2.83. The SMILES string of the molecule is COc1cc(Br)ccc1C(=O)N(C)Cc1scnc1C. The van der Waals surface area contributed by atoms with Gasteiger partial charge in [0.05, 0.1) is 30.4 Å². The Bertz CT molecular complexity index is 627. The van der Waals surface area contributed by atoms with Crippen molar-refractivity contribution in [3.63, 3.8) is 0 Å². The van der Waals surface area contributed by atoms with E-state index < -0.39 is 0 Å². The summed E-state index contributed by atoms with van der Waals surface area (Å²) in [6.07, 6.45) is 0. The van der Waals surface area contributed by atoms with E-state index in [4.69, 9.17) is 4.74 Å². The number of halogens is 1. The van der Waals surface area contributed by atoms with Crippen LogP contribution in [-0.2, 0) is 6.54 Å². The van der Waals surface area contributed by atoms with E-state index in [2.05, 4.69) is 20.9 Å². The van der Waals surface area contributed by atoms with Gasteiger partial charge in [-0.3, -0.25) is 4.79 Å². The van der Waals surface area contributed by atoms with Gasteiger partial charge in [-0.25, -0.2) is 4.98 Å². The molecule has 1 heterocycles. The van der Waals surface area contributed by atoms with Crippen LogP contribution in [0.15, 0.2) is 28.2 Å². The third kappa shape index (κ3) is 3.19. The first kappa shape index (κ1) is 15.0. The van der Waals surface area contributed by atoms with Crippen LogP contribution in [0.4, 0.5) is 0 Å². The van der Waals surface area contributed by atoms with Crippen LogP contribution >= 0.6 is 27.3 Å². The predicted molar refractivity (Wildman–Crippen MR) is 83.3 cm³/mol. The van der Waals surface area contributed by atoms with Gasteiger partial charge in [-0.15, -0.1) is 11.3 Å². The van der Waals surface area contributed by atoms with Crippen LogP contribution in [0, 0.1) is 6.92 Å². The van der Waals surface area contributed by atoms with Crippen molar-refractivity contribution in [2.75, 3.05) is 14.2 Å². The van der Waals surface area contributed by atoms with Crippen LogP contribution in [0.1, 0.15) is 20.9 Å². The second kappa shape index (κ2) is 6.37. The van der Waals surface area contributed by atoms with Gasteiger partial charge in [0, 0.05) is 16.4 Å². The molecule has 0 aliphatic rings. The van der Waals surface area contributed by atoms with Crippen LogP contribution in [0.3, 0.4) is 0 Å². The van der Waals surface area contributed by atoms with Crippen molar-refractivity contribution in [1.82, 2.24) is 9.88 Å². The van der Waals surface area contributed by atoms with E-state index in [1.807, 2.05) is 13.0 Å². The maximum Gasteiger partial charge on any atom is 0.257 e. The highest BCUT2D eigenvalue weighted by Crippen LogP contribution is 2.25. The van der Waals surface area contributed by atoms with Gasteiger partial charge in [0.2, 0.25) is 0 Å². The lowest BCUT2D eigenvalue weighted by atomic mass is 10.1. The normalized spacial score (nSPS) is 10.4. The maximum atomic E-state index is 12.5. The van der Waals surface area contributed by atoms with E-state index in [0.717, 1.165) is 15.0 Å². The molecule has 0 N–H and O–H groups in total. The molecule has 0 aliphatic carbocycles. The van der Waals surface area contributed by atoms with Crippen molar-refractivity contribution in [2.45, 2.75) is 13.5 Å². The number of benzene rings is 1. The Hall–Kier alpha value is -1.40. The first-order chi connectivity index (χ1) is 9.52. The molecule has 0 saturated heterocycles. The number of methoxy groups -OCH3 is 1. The molecular weight excluding hydrogens is 340 g/mol. The van der Waals surface area contributed by atoms with Gasteiger partial charge in [-0.2, -0.15) is 0 Å². The Kier molecular flexibility index (Phi) is 4.77. The Morgan fingerprint density at radius 3 is 2.85 bits per heavy atom. The molecule has 4 nitrogen and oxygen atoms in total. The fraction of sp³-hybridized carbons (Fsp3) is 0.286. The second-order valence-electron chi connectivity index (χ2n) is 4.37. The van der Waals surface area contributed by atoms with E-state index in [1.54, 1.807) is 48.0 Å². The molecule has 2 aromatic rings. The zero-order valence-electron chi connectivity index (χ0n) is 11.5. The standard InChI is InChI=1S/C14H15BrN2O2S/c1-9-13(20-8-16-9)7-17(2)14(18)11-5-4-10(15)6-12(11)19-3/h4-6,8H,7H2,1-3H3. The van der Waals surface area contributed by atoms with Crippen molar-refractivity contribution < 1.29 is 9.53 Å². The van der Waals surface area contributed by atoms with Gasteiger partial charge in [0.1, 0.15) is 5.75 Å². The van der Waals surface area contributed by atoms with Crippen molar-refractivity contribution in [3.8, 4) is 5.75 Å². The molecule has 0 fully saturated rings. The number of carbonyl (C=O) groups is 1. The van der Waals surface area contributed by atoms with Crippen molar-refractivity contribution in [3.05, 3.63) is 44.3 Å². The first-order valence-electron chi connectivity index (χ1n) is 6.01. The Labute approximate surface area is 130 Å². The van der Waals surface area contributed by atoms with E-state index in [-0.39, 0.29) is 5.91 Å². The summed E-state index contributed by atoms with van der Waals surface area (Å²) in [5.74, 6) is 0.499. The highest BCUT2D eigenvalue weighted by atomic mass is 79.9. The molecule has 0 unspecified atom stereocenters. The summed E-state index contributed by atoms with van der Waals surface area (Å²) >= 11 is 4.93. The molecule has 6 heteroatoms. The molecule has 0 saturated carbocycles. The van der Waals surface area contributed by atoms with E-state index >= 15 is 0 Å². The molecule has 0 aliphatic heterocycles. The molecule has 2 rings (SSSR count). The highest BCUT2D eigenvalue weighted by molar-refractivity contribution is 9.10.